The monoisotopic (exact) mass is 272 g/mol. The van der Waals surface area contributed by atoms with Crippen LogP contribution in [0.5, 0.6) is 0 Å². The summed E-state index contributed by atoms with van der Waals surface area (Å²) in [7, 11) is 4.09. The van der Waals surface area contributed by atoms with E-state index in [-0.39, 0.29) is 0 Å². The van der Waals surface area contributed by atoms with Gasteiger partial charge in [-0.2, -0.15) is 5.10 Å². The number of anilines is 3. The van der Waals surface area contributed by atoms with Gasteiger partial charge in [0.1, 0.15) is 5.82 Å². The lowest BCUT2D eigenvalue weighted by atomic mass is 10.1. The molecular weight excluding hydrogens is 248 g/mol. The predicted molar refractivity (Wildman–Crippen MR) is 85.7 cm³/mol. The first-order valence-electron chi connectivity index (χ1n) is 7.12. The van der Waals surface area contributed by atoms with Crippen LogP contribution in [-0.2, 0) is 6.54 Å². The molecule has 0 spiro atoms. The number of hydrogen-bond donors (Lipinski definition) is 1. The maximum Gasteiger partial charge on any atom is 0.128 e. The average molecular weight is 272 g/mol. The fourth-order valence-corrected chi connectivity index (χ4v) is 1.99. The van der Waals surface area contributed by atoms with Gasteiger partial charge in [-0.3, -0.25) is 0 Å². The van der Waals surface area contributed by atoms with Gasteiger partial charge in [0.25, 0.3) is 0 Å². The summed E-state index contributed by atoms with van der Waals surface area (Å²) in [4.78, 5) is 2.09. The molecule has 0 unspecified atom stereocenters. The molecule has 4 heteroatoms. The van der Waals surface area contributed by atoms with Gasteiger partial charge in [-0.1, -0.05) is 13.8 Å². The molecule has 2 rings (SSSR count). The first-order chi connectivity index (χ1) is 9.56. The molecule has 0 radical (unpaired) electrons. The molecule has 0 saturated heterocycles. The summed E-state index contributed by atoms with van der Waals surface area (Å²) in [6.45, 7) is 5.41. The Morgan fingerprint density at radius 2 is 1.85 bits per heavy atom. The van der Waals surface area contributed by atoms with Gasteiger partial charge in [0.2, 0.25) is 0 Å². The molecule has 2 aromatic rings. The maximum absolute atomic E-state index is 4.38. The highest BCUT2D eigenvalue weighted by Gasteiger charge is 2.04. The van der Waals surface area contributed by atoms with Crippen LogP contribution in [0.1, 0.15) is 20.3 Å². The first-order valence-corrected chi connectivity index (χ1v) is 7.12. The molecular formula is C16H24N4. The summed E-state index contributed by atoms with van der Waals surface area (Å²) >= 11 is 0. The topological polar surface area (TPSA) is 33.1 Å². The van der Waals surface area contributed by atoms with E-state index in [0.29, 0.717) is 5.92 Å². The first kappa shape index (κ1) is 14.4. The van der Waals surface area contributed by atoms with Crippen molar-refractivity contribution in [1.82, 2.24) is 9.78 Å². The molecule has 1 aromatic carbocycles. The van der Waals surface area contributed by atoms with E-state index in [9.17, 15) is 0 Å². The number of nitrogens with zero attached hydrogens (tertiary/aromatic N) is 3. The second-order valence-electron chi connectivity index (χ2n) is 5.69. The largest absolute Gasteiger partial charge is 0.378 e. The smallest absolute Gasteiger partial charge is 0.128 e. The number of aryl methyl sites for hydroxylation is 1. The normalized spacial score (nSPS) is 10.8. The van der Waals surface area contributed by atoms with Crippen molar-refractivity contribution in [2.24, 2.45) is 5.92 Å². The molecule has 108 valence electrons. The molecule has 1 aromatic heterocycles. The van der Waals surface area contributed by atoms with Crippen molar-refractivity contribution in [2.45, 2.75) is 26.8 Å². The van der Waals surface area contributed by atoms with Crippen LogP contribution in [0.15, 0.2) is 36.5 Å². The second kappa shape index (κ2) is 6.46. The zero-order chi connectivity index (χ0) is 14.5. The number of nitrogens with one attached hydrogen (secondary N) is 1. The van der Waals surface area contributed by atoms with E-state index >= 15 is 0 Å². The fourth-order valence-electron chi connectivity index (χ4n) is 1.99. The summed E-state index contributed by atoms with van der Waals surface area (Å²) in [5.74, 6) is 1.73. The van der Waals surface area contributed by atoms with Crippen molar-refractivity contribution >= 4 is 17.2 Å². The van der Waals surface area contributed by atoms with Gasteiger partial charge in [-0.25, -0.2) is 4.68 Å². The van der Waals surface area contributed by atoms with Gasteiger partial charge in [0.05, 0.1) is 6.20 Å². The lowest BCUT2D eigenvalue weighted by Crippen LogP contribution is -2.09. The Hall–Kier alpha value is -1.97. The van der Waals surface area contributed by atoms with Crippen molar-refractivity contribution in [3.05, 3.63) is 36.5 Å². The predicted octanol–water partition coefficient (Wildman–Crippen LogP) is 3.74. The van der Waals surface area contributed by atoms with Crippen LogP contribution >= 0.6 is 0 Å². The third-order valence-electron chi connectivity index (χ3n) is 3.29. The second-order valence-corrected chi connectivity index (χ2v) is 5.69. The van der Waals surface area contributed by atoms with Gasteiger partial charge >= 0.3 is 0 Å². The van der Waals surface area contributed by atoms with Crippen molar-refractivity contribution in [1.29, 1.82) is 0 Å². The van der Waals surface area contributed by atoms with Crippen LogP contribution in [0.4, 0.5) is 17.2 Å². The van der Waals surface area contributed by atoms with Crippen LogP contribution in [0, 0.1) is 5.92 Å². The van der Waals surface area contributed by atoms with Crippen LogP contribution in [0.3, 0.4) is 0 Å². The van der Waals surface area contributed by atoms with E-state index in [1.807, 2.05) is 31.0 Å². The Kier molecular flexibility index (Phi) is 4.66. The van der Waals surface area contributed by atoms with Crippen LogP contribution in [0.25, 0.3) is 0 Å². The highest BCUT2D eigenvalue weighted by Crippen LogP contribution is 2.20. The standard InChI is InChI=1S/C16H24N4/c1-13(2)10-12-20-16(9-11-17-20)18-14-5-7-15(8-6-14)19(3)4/h5-9,11,13,18H,10,12H2,1-4H3. The van der Waals surface area contributed by atoms with E-state index in [1.165, 1.54) is 5.69 Å². The van der Waals surface area contributed by atoms with Crippen molar-refractivity contribution in [3.63, 3.8) is 0 Å². The maximum atomic E-state index is 4.38. The summed E-state index contributed by atoms with van der Waals surface area (Å²) in [5, 5.41) is 7.80. The molecule has 1 heterocycles. The molecule has 0 bridgehead atoms. The summed E-state index contributed by atoms with van der Waals surface area (Å²) < 4.78 is 2.03. The number of hydrogen-bond acceptors (Lipinski definition) is 3. The molecule has 20 heavy (non-hydrogen) atoms. The Morgan fingerprint density at radius 1 is 1.15 bits per heavy atom. The van der Waals surface area contributed by atoms with Gasteiger partial charge < -0.3 is 10.2 Å². The van der Waals surface area contributed by atoms with E-state index in [0.717, 1.165) is 24.5 Å². The van der Waals surface area contributed by atoms with Crippen LogP contribution < -0.4 is 10.2 Å². The third kappa shape index (κ3) is 3.76. The Morgan fingerprint density at radius 3 is 2.45 bits per heavy atom. The highest BCUT2D eigenvalue weighted by molar-refractivity contribution is 5.60. The average Bonchev–Trinajstić information content (AvgIpc) is 2.84. The molecule has 0 aliphatic carbocycles. The van der Waals surface area contributed by atoms with Gasteiger partial charge in [-0.05, 0) is 36.6 Å². The minimum atomic E-state index is 0.687. The van der Waals surface area contributed by atoms with E-state index in [2.05, 4.69) is 53.4 Å². The Balaban J connectivity index is 2.04. The van der Waals surface area contributed by atoms with Crippen molar-refractivity contribution < 1.29 is 0 Å². The lowest BCUT2D eigenvalue weighted by molar-refractivity contribution is 0.491. The minimum Gasteiger partial charge on any atom is -0.378 e. The van der Waals surface area contributed by atoms with Gasteiger partial charge in [0, 0.05) is 38.1 Å². The van der Waals surface area contributed by atoms with E-state index in [4.69, 9.17) is 0 Å². The van der Waals surface area contributed by atoms with E-state index in [1.54, 1.807) is 0 Å². The highest BCUT2D eigenvalue weighted by atomic mass is 15.3. The third-order valence-corrected chi connectivity index (χ3v) is 3.29. The van der Waals surface area contributed by atoms with Crippen LogP contribution in [-0.4, -0.2) is 23.9 Å². The van der Waals surface area contributed by atoms with E-state index < -0.39 is 0 Å². The molecule has 0 atom stereocenters. The molecule has 0 amide bonds. The molecule has 1 N–H and O–H groups in total. The fraction of sp³-hybridized carbons (Fsp3) is 0.438. The molecule has 0 aliphatic rings. The van der Waals surface area contributed by atoms with Gasteiger partial charge in [-0.15, -0.1) is 0 Å². The van der Waals surface area contributed by atoms with Gasteiger partial charge in [0.15, 0.2) is 0 Å². The zero-order valence-corrected chi connectivity index (χ0v) is 12.8. The zero-order valence-electron chi connectivity index (χ0n) is 12.8. The lowest BCUT2D eigenvalue weighted by Gasteiger charge is -2.14. The summed E-state index contributed by atoms with van der Waals surface area (Å²) in [6.07, 6.45) is 2.98. The SMILES string of the molecule is CC(C)CCn1nccc1Nc1ccc(N(C)C)cc1. The molecule has 4 nitrogen and oxygen atoms in total. The molecule has 0 saturated carbocycles. The molecule has 0 fully saturated rings. The number of rotatable bonds is 6. The van der Waals surface area contributed by atoms with Crippen LogP contribution in [0.2, 0.25) is 0 Å². The Bertz CT molecular complexity index is 526. The summed E-state index contributed by atoms with van der Waals surface area (Å²) in [6, 6.07) is 10.4. The van der Waals surface area contributed by atoms with Crippen molar-refractivity contribution in [2.75, 3.05) is 24.3 Å². The minimum absolute atomic E-state index is 0.687. The molecule has 0 aliphatic heterocycles. The summed E-state index contributed by atoms with van der Waals surface area (Å²) in [5.41, 5.74) is 2.28. The van der Waals surface area contributed by atoms with Crippen molar-refractivity contribution in [3.8, 4) is 0 Å². The quantitative estimate of drug-likeness (QED) is 0.869. The Labute approximate surface area is 121 Å². The number of aromatic nitrogens is 2. The number of benzene rings is 1.